The van der Waals surface area contributed by atoms with Gasteiger partial charge in [-0.05, 0) is 91.4 Å². The molecule has 2 N–H and O–H groups in total. The molecule has 0 aromatic heterocycles. The van der Waals surface area contributed by atoms with Crippen LogP contribution in [0.25, 0.3) is 0 Å². The Morgan fingerprint density at radius 1 is 0.974 bits per heavy atom. The largest absolute Gasteiger partial charge is 0.493 e. The van der Waals surface area contributed by atoms with Crippen molar-refractivity contribution < 1.29 is 28.5 Å². The second kappa shape index (κ2) is 13.0. The Morgan fingerprint density at radius 2 is 1.56 bits per heavy atom. The van der Waals surface area contributed by atoms with Crippen LogP contribution in [0.5, 0.6) is 11.5 Å². The monoisotopic (exact) mass is 536 g/mol. The second-order valence-electron chi connectivity index (χ2n) is 9.86. The van der Waals surface area contributed by atoms with E-state index in [-0.39, 0.29) is 24.2 Å². The summed E-state index contributed by atoms with van der Waals surface area (Å²) in [5.41, 5.74) is 0.995. The summed E-state index contributed by atoms with van der Waals surface area (Å²) in [7, 11) is 1.53. The minimum Gasteiger partial charge on any atom is -0.493 e. The van der Waals surface area contributed by atoms with Crippen LogP contribution in [0.3, 0.4) is 0 Å². The van der Waals surface area contributed by atoms with Gasteiger partial charge in [-0.15, -0.1) is 0 Å². The van der Waals surface area contributed by atoms with Crippen molar-refractivity contribution in [3.63, 3.8) is 0 Å². The van der Waals surface area contributed by atoms with E-state index in [4.69, 9.17) is 14.6 Å². The lowest BCUT2D eigenvalue weighted by Crippen LogP contribution is -2.44. The highest BCUT2D eigenvalue weighted by Crippen LogP contribution is 2.44. The van der Waals surface area contributed by atoms with E-state index >= 15 is 0 Å². The highest BCUT2D eigenvalue weighted by molar-refractivity contribution is 5.47. The quantitative estimate of drug-likeness (QED) is 0.336. The van der Waals surface area contributed by atoms with Crippen LogP contribution in [-0.4, -0.2) is 55.1 Å². The van der Waals surface area contributed by atoms with E-state index in [1.807, 2.05) is 0 Å². The summed E-state index contributed by atoms with van der Waals surface area (Å²) in [6, 6.07) is 19.8. The first-order chi connectivity index (χ1) is 18.9. The number of hydrogen-bond acceptors (Lipinski definition) is 6. The van der Waals surface area contributed by atoms with Gasteiger partial charge in [-0.3, -0.25) is 0 Å². The van der Waals surface area contributed by atoms with Gasteiger partial charge in [0.05, 0.1) is 26.4 Å². The number of nitrogens with zero attached hydrogens (tertiary/aromatic N) is 2. The Bertz CT molecular complexity index is 1210. The van der Waals surface area contributed by atoms with Crippen LogP contribution in [0, 0.1) is 28.9 Å². The predicted molar refractivity (Wildman–Crippen MR) is 144 cm³/mol. The summed E-state index contributed by atoms with van der Waals surface area (Å²) in [5, 5.41) is 29.5. The zero-order valence-corrected chi connectivity index (χ0v) is 22.0. The van der Waals surface area contributed by atoms with E-state index in [1.165, 1.54) is 31.4 Å². The Labute approximate surface area is 228 Å². The molecule has 6 nitrogen and oxygen atoms in total. The van der Waals surface area contributed by atoms with Crippen molar-refractivity contribution in [1.29, 1.82) is 5.26 Å². The fourth-order valence-corrected chi connectivity index (χ4v) is 5.46. The molecule has 1 atom stereocenters. The van der Waals surface area contributed by atoms with Gasteiger partial charge in [0.15, 0.2) is 11.5 Å². The molecule has 1 fully saturated rings. The maximum absolute atomic E-state index is 13.7. The van der Waals surface area contributed by atoms with E-state index < -0.39 is 11.5 Å². The van der Waals surface area contributed by atoms with E-state index in [0.29, 0.717) is 23.7 Å². The highest BCUT2D eigenvalue weighted by Gasteiger charge is 2.43. The summed E-state index contributed by atoms with van der Waals surface area (Å²) in [6.45, 7) is 2.53. The third-order valence-electron chi connectivity index (χ3n) is 7.60. The number of piperidine rings is 1. The molecule has 0 bridgehead atoms. The van der Waals surface area contributed by atoms with Crippen molar-refractivity contribution >= 4 is 0 Å². The summed E-state index contributed by atoms with van der Waals surface area (Å²) in [6.07, 6.45) is 1.35. The highest BCUT2D eigenvalue weighted by atomic mass is 19.1. The van der Waals surface area contributed by atoms with Crippen LogP contribution in [0.2, 0.25) is 0 Å². The molecule has 0 aliphatic carbocycles. The van der Waals surface area contributed by atoms with Gasteiger partial charge in [-0.1, -0.05) is 30.3 Å². The topological polar surface area (TPSA) is 86.0 Å². The Balaban J connectivity index is 1.37. The standard InChI is InChI=1S/C31H34F2N2O4/c1-38-30-19-22(28(37)20-36)3-12-29(30)39-18-2-15-35-16-13-25(14-17-35)31(21-34,23-4-8-26(32)9-5-23)24-6-10-27(33)11-7-24/h3-12,19,25,28,36-37H,2,13-18,20H2,1H3. The fraction of sp³-hybridized carbons (Fsp3) is 0.387. The number of benzene rings is 3. The molecule has 4 rings (SSSR count). The van der Waals surface area contributed by atoms with Crippen molar-refractivity contribution in [3.05, 3.63) is 95.1 Å². The van der Waals surface area contributed by atoms with Crippen molar-refractivity contribution in [2.45, 2.75) is 30.8 Å². The average Bonchev–Trinajstić information content (AvgIpc) is 2.98. The summed E-state index contributed by atoms with van der Waals surface area (Å²) >= 11 is 0. The minimum absolute atomic E-state index is 0.0111. The summed E-state index contributed by atoms with van der Waals surface area (Å²) in [5.74, 6) is 0.330. The van der Waals surface area contributed by atoms with Gasteiger partial charge >= 0.3 is 0 Å². The normalized spacial score (nSPS) is 15.5. The molecule has 1 aliphatic heterocycles. The first kappa shape index (κ1) is 28.5. The molecule has 3 aromatic rings. The molecule has 0 radical (unpaired) electrons. The third kappa shape index (κ3) is 6.39. The first-order valence-corrected chi connectivity index (χ1v) is 13.2. The lowest BCUT2D eigenvalue weighted by molar-refractivity contribution is 0.0953. The number of nitriles is 1. The molecule has 3 aromatic carbocycles. The van der Waals surface area contributed by atoms with Crippen molar-refractivity contribution in [1.82, 2.24) is 4.90 Å². The lowest BCUT2D eigenvalue weighted by Gasteiger charge is -2.41. The molecule has 39 heavy (non-hydrogen) atoms. The molecule has 206 valence electrons. The Morgan fingerprint density at radius 3 is 2.08 bits per heavy atom. The number of likely N-dealkylation sites (tertiary alicyclic amines) is 1. The number of halogens is 2. The molecule has 1 aliphatic rings. The van der Waals surface area contributed by atoms with Gasteiger partial charge in [0.25, 0.3) is 0 Å². The van der Waals surface area contributed by atoms with Gasteiger partial charge in [-0.2, -0.15) is 5.26 Å². The molecular formula is C31H34F2N2O4. The number of hydrogen-bond donors (Lipinski definition) is 2. The molecular weight excluding hydrogens is 502 g/mol. The van der Waals surface area contributed by atoms with Crippen LogP contribution in [0.15, 0.2) is 66.7 Å². The zero-order chi connectivity index (χ0) is 27.8. The van der Waals surface area contributed by atoms with E-state index in [2.05, 4.69) is 11.0 Å². The van der Waals surface area contributed by atoms with E-state index in [9.17, 15) is 19.1 Å². The SMILES string of the molecule is COc1cc(C(O)CO)ccc1OCCCN1CCC(C(C#N)(c2ccc(F)cc2)c2ccc(F)cc2)CC1. The molecule has 0 amide bonds. The van der Waals surface area contributed by atoms with Gasteiger partial charge in [0.1, 0.15) is 23.2 Å². The number of aliphatic hydroxyl groups is 2. The second-order valence-corrected chi connectivity index (χ2v) is 9.86. The van der Waals surface area contributed by atoms with Gasteiger partial charge in [0, 0.05) is 6.54 Å². The molecule has 0 saturated carbocycles. The van der Waals surface area contributed by atoms with Crippen molar-refractivity contribution in [2.24, 2.45) is 5.92 Å². The van der Waals surface area contributed by atoms with Gasteiger partial charge in [-0.25, -0.2) is 8.78 Å². The Kier molecular flexibility index (Phi) is 9.52. The summed E-state index contributed by atoms with van der Waals surface area (Å²) in [4.78, 5) is 2.34. The molecule has 1 heterocycles. The maximum atomic E-state index is 13.7. The van der Waals surface area contributed by atoms with Crippen molar-refractivity contribution in [3.8, 4) is 17.6 Å². The number of ether oxygens (including phenoxy) is 2. The van der Waals surface area contributed by atoms with Crippen LogP contribution in [0.4, 0.5) is 8.78 Å². The number of methoxy groups -OCH3 is 1. The third-order valence-corrected chi connectivity index (χ3v) is 7.60. The lowest BCUT2D eigenvalue weighted by atomic mass is 9.63. The van der Waals surface area contributed by atoms with Crippen molar-refractivity contribution in [2.75, 3.05) is 40.0 Å². The molecule has 1 unspecified atom stereocenters. The van der Waals surface area contributed by atoms with Crippen LogP contribution >= 0.6 is 0 Å². The fourth-order valence-electron chi connectivity index (χ4n) is 5.46. The van der Waals surface area contributed by atoms with Crippen LogP contribution in [-0.2, 0) is 5.41 Å². The molecule has 1 saturated heterocycles. The summed E-state index contributed by atoms with van der Waals surface area (Å²) < 4.78 is 38.7. The molecule has 8 heteroatoms. The minimum atomic E-state index is -0.997. The van der Waals surface area contributed by atoms with E-state index in [1.54, 1.807) is 42.5 Å². The predicted octanol–water partition coefficient (Wildman–Crippen LogP) is 4.99. The smallest absolute Gasteiger partial charge is 0.161 e. The number of aliphatic hydroxyl groups excluding tert-OH is 2. The van der Waals surface area contributed by atoms with Gasteiger partial charge < -0.3 is 24.6 Å². The van der Waals surface area contributed by atoms with Crippen LogP contribution in [0.1, 0.15) is 42.1 Å². The molecule has 0 spiro atoms. The zero-order valence-electron chi connectivity index (χ0n) is 22.0. The first-order valence-electron chi connectivity index (χ1n) is 13.2. The van der Waals surface area contributed by atoms with E-state index in [0.717, 1.165) is 50.0 Å². The maximum Gasteiger partial charge on any atom is 0.161 e. The number of rotatable bonds is 11. The van der Waals surface area contributed by atoms with Crippen LogP contribution < -0.4 is 9.47 Å². The van der Waals surface area contributed by atoms with Gasteiger partial charge in [0.2, 0.25) is 0 Å². The average molecular weight is 537 g/mol. The Hall–Kier alpha value is -3.51.